The third-order valence-corrected chi connectivity index (χ3v) is 5.13. The van der Waals surface area contributed by atoms with Crippen molar-refractivity contribution in [3.8, 4) is 22.6 Å². The van der Waals surface area contributed by atoms with E-state index in [4.69, 9.17) is 4.74 Å². The minimum absolute atomic E-state index is 0.126. The van der Waals surface area contributed by atoms with E-state index in [1.165, 1.54) is 4.57 Å². The van der Waals surface area contributed by atoms with Crippen molar-refractivity contribution < 1.29 is 21.9 Å². The summed E-state index contributed by atoms with van der Waals surface area (Å²) in [5.41, 5.74) is 1.71. The molecule has 3 rings (SSSR count). The van der Waals surface area contributed by atoms with Crippen LogP contribution in [0, 0.1) is 18.6 Å². The maximum atomic E-state index is 14.2. The summed E-state index contributed by atoms with van der Waals surface area (Å²) < 4.78 is 58.4. The van der Waals surface area contributed by atoms with Crippen molar-refractivity contribution >= 4 is 9.84 Å². The number of sulfone groups is 1. The topological polar surface area (TPSA) is 65.4 Å². The maximum Gasteiger partial charge on any atom is 0.253 e. The molecule has 0 atom stereocenters. The Balaban J connectivity index is 2.23. The molecule has 29 heavy (non-hydrogen) atoms. The second-order valence-corrected chi connectivity index (χ2v) is 9.01. The first-order valence-electron chi connectivity index (χ1n) is 8.65. The van der Waals surface area contributed by atoms with Gasteiger partial charge in [0.2, 0.25) is 0 Å². The van der Waals surface area contributed by atoms with Crippen molar-refractivity contribution in [1.82, 2.24) is 4.57 Å². The number of ether oxygens (including phenoxy) is 1. The zero-order valence-corrected chi connectivity index (χ0v) is 16.9. The summed E-state index contributed by atoms with van der Waals surface area (Å²) in [6.45, 7) is 1.66. The van der Waals surface area contributed by atoms with Gasteiger partial charge in [-0.05, 0) is 25.1 Å². The van der Waals surface area contributed by atoms with Gasteiger partial charge < -0.3 is 9.30 Å². The number of hydrogen-bond acceptors (Lipinski definition) is 4. The molecule has 2 aromatic carbocycles. The minimum Gasteiger partial charge on any atom is -0.453 e. The SMILES string of the molecule is Cc1cc(-c2cccc(CS(C)(=O)=O)c2Oc2ccc(F)cc2F)cn(C)c1=O. The summed E-state index contributed by atoms with van der Waals surface area (Å²) in [6.07, 6.45) is 2.67. The first-order chi connectivity index (χ1) is 13.5. The number of hydrogen-bond donors (Lipinski definition) is 0. The molecule has 0 aliphatic carbocycles. The second-order valence-electron chi connectivity index (χ2n) is 6.87. The smallest absolute Gasteiger partial charge is 0.253 e. The molecule has 0 amide bonds. The van der Waals surface area contributed by atoms with Crippen LogP contribution in [0.5, 0.6) is 11.5 Å². The van der Waals surface area contributed by atoms with Crippen LogP contribution in [0.25, 0.3) is 11.1 Å². The fraction of sp³-hybridized carbons (Fsp3) is 0.190. The summed E-state index contributed by atoms with van der Waals surface area (Å²) in [7, 11) is -1.82. The quantitative estimate of drug-likeness (QED) is 0.628. The molecule has 0 N–H and O–H groups in total. The molecule has 0 aliphatic rings. The molecular formula is C21H19F2NO4S. The van der Waals surface area contributed by atoms with Gasteiger partial charge in [-0.2, -0.15) is 0 Å². The van der Waals surface area contributed by atoms with Crippen LogP contribution in [0.1, 0.15) is 11.1 Å². The van der Waals surface area contributed by atoms with Gasteiger partial charge in [-0.3, -0.25) is 4.79 Å². The minimum atomic E-state index is -3.42. The Morgan fingerprint density at radius 2 is 1.83 bits per heavy atom. The highest BCUT2D eigenvalue weighted by Gasteiger charge is 2.19. The van der Waals surface area contributed by atoms with Gasteiger partial charge in [0.1, 0.15) is 11.6 Å². The van der Waals surface area contributed by atoms with Crippen molar-refractivity contribution in [1.29, 1.82) is 0 Å². The van der Waals surface area contributed by atoms with Gasteiger partial charge in [-0.15, -0.1) is 0 Å². The molecule has 0 radical (unpaired) electrons. The van der Waals surface area contributed by atoms with E-state index in [9.17, 15) is 22.0 Å². The Bertz CT molecular complexity index is 1220. The van der Waals surface area contributed by atoms with Crippen LogP contribution in [0.3, 0.4) is 0 Å². The molecule has 152 valence electrons. The van der Waals surface area contributed by atoms with Gasteiger partial charge in [0.05, 0.1) is 5.75 Å². The van der Waals surface area contributed by atoms with E-state index in [1.807, 2.05) is 0 Å². The highest BCUT2D eigenvalue weighted by Crippen LogP contribution is 2.38. The third-order valence-electron chi connectivity index (χ3n) is 4.29. The monoisotopic (exact) mass is 419 g/mol. The van der Waals surface area contributed by atoms with Crippen LogP contribution in [-0.2, 0) is 22.6 Å². The van der Waals surface area contributed by atoms with Gasteiger partial charge >= 0.3 is 0 Å². The average Bonchev–Trinajstić information content (AvgIpc) is 2.61. The molecule has 0 aliphatic heterocycles. The number of nitrogens with zero attached hydrogens (tertiary/aromatic N) is 1. The van der Waals surface area contributed by atoms with Crippen LogP contribution in [-0.4, -0.2) is 19.2 Å². The van der Waals surface area contributed by atoms with Crippen LogP contribution in [0.2, 0.25) is 0 Å². The van der Waals surface area contributed by atoms with Gasteiger partial charge in [-0.1, -0.05) is 18.2 Å². The van der Waals surface area contributed by atoms with Crippen molar-refractivity contribution in [3.05, 3.63) is 81.8 Å². The number of aromatic nitrogens is 1. The van der Waals surface area contributed by atoms with Gasteiger partial charge in [-0.25, -0.2) is 17.2 Å². The lowest BCUT2D eigenvalue weighted by atomic mass is 10.0. The number of halogens is 2. The fourth-order valence-corrected chi connectivity index (χ4v) is 3.81. The second kappa shape index (κ2) is 7.79. The molecule has 5 nitrogen and oxygen atoms in total. The molecule has 0 unspecified atom stereocenters. The molecule has 1 aromatic heterocycles. The molecule has 0 bridgehead atoms. The van der Waals surface area contributed by atoms with E-state index in [0.29, 0.717) is 28.3 Å². The van der Waals surface area contributed by atoms with Crippen molar-refractivity contribution in [2.45, 2.75) is 12.7 Å². The molecule has 0 fully saturated rings. The molecule has 0 saturated heterocycles. The zero-order chi connectivity index (χ0) is 21.3. The predicted octanol–water partition coefficient (Wildman–Crippen LogP) is 3.98. The van der Waals surface area contributed by atoms with E-state index in [0.717, 1.165) is 18.4 Å². The lowest BCUT2D eigenvalue weighted by molar-refractivity contribution is 0.436. The van der Waals surface area contributed by atoms with Crippen molar-refractivity contribution in [2.75, 3.05) is 6.26 Å². The fourth-order valence-electron chi connectivity index (χ4n) is 3.02. The summed E-state index contributed by atoms with van der Waals surface area (Å²) in [4.78, 5) is 12.0. The number of para-hydroxylation sites is 1. The largest absolute Gasteiger partial charge is 0.453 e. The van der Waals surface area contributed by atoms with E-state index in [1.54, 1.807) is 44.4 Å². The van der Waals surface area contributed by atoms with Crippen LogP contribution in [0.15, 0.2) is 53.5 Å². The van der Waals surface area contributed by atoms with E-state index in [2.05, 4.69) is 0 Å². The Morgan fingerprint density at radius 3 is 2.45 bits per heavy atom. The van der Waals surface area contributed by atoms with E-state index in [-0.39, 0.29) is 22.8 Å². The zero-order valence-electron chi connectivity index (χ0n) is 16.1. The maximum absolute atomic E-state index is 14.2. The van der Waals surface area contributed by atoms with Gasteiger partial charge in [0.15, 0.2) is 21.4 Å². The van der Waals surface area contributed by atoms with Crippen LogP contribution >= 0.6 is 0 Å². The van der Waals surface area contributed by atoms with Crippen LogP contribution < -0.4 is 10.3 Å². The normalized spacial score (nSPS) is 11.5. The lowest BCUT2D eigenvalue weighted by Gasteiger charge is -2.17. The molecule has 8 heteroatoms. The first-order valence-corrected chi connectivity index (χ1v) is 10.7. The molecule has 0 saturated carbocycles. The lowest BCUT2D eigenvalue weighted by Crippen LogP contribution is -2.18. The Labute approximate surface area is 167 Å². The first kappa shape index (κ1) is 20.7. The number of aryl methyl sites for hydroxylation is 2. The predicted molar refractivity (Wildman–Crippen MR) is 107 cm³/mol. The highest BCUT2D eigenvalue weighted by molar-refractivity contribution is 7.89. The number of rotatable bonds is 5. The average molecular weight is 419 g/mol. The molecule has 0 spiro atoms. The Kier molecular flexibility index (Phi) is 5.57. The number of benzene rings is 2. The third kappa shape index (κ3) is 4.71. The molecule has 1 heterocycles. The molecule has 3 aromatic rings. The van der Waals surface area contributed by atoms with Crippen LogP contribution in [0.4, 0.5) is 8.78 Å². The Hall–Kier alpha value is -3.00. The Morgan fingerprint density at radius 1 is 1.10 bits per heavy atom. The summed E-state index contributed by atoms with van der Waals surface area (Å²) >= 11 is 0. The van der Waals surface area contributed by atoms with E-state index < -0.39 is 21.5 Å². The summed E-state index contributed by atoms with van der Waals surface area (Å²) in [5.74, 6) is -2.12. The van der Waals surface area contributed by atoms with E-state index >= 15 is 0 Å². The summed E-state index contributed by atoms with van der Waals surface area (Å²) in [6, 6.07) is 9.42. The summed E-state index contributed by atoms with van der Waals surface area (Å²) in [5, 5.41) is 0. The number of pyridine rings is 1. The van der Waals surface area contributed by atoms with Gasteiger partial charge in [0, 0.05) is 47.8 Å². The highest BCUT2D eigenvalue weighted by atomic mass is 32.2. The van der Waals surface area contributed by atoms with Crippen molar-refractivity contribution in [3.63, 3.8) is 0 Å². The molecular weight excluding hydrogens is 400 g/mol. The standard InChI is InChI=1S/C21H19F2NO4S/c1-13-9-15(11-24(2)21(13)25)17-6-4-5-14(12-29(3,26)27)20(17)28-19-8-7-16(22)10-18(19)23/h4-11H,12H2,1-3H3. The van der Waals surface area contributed by atoms with Crippen molar-refractivity contribution in [2.24, 2.45) is 7.05 Å². The van der Waals surface area contributed by atoms with Gasteiger partial charge in [0.25, 0.3) is 5.56 Å².